The summed E-state index contributed by atoms with van der Waals surface area (Å²) >= 11 is 1.48. The summed E-state index contributed by atoms with van der Waals surface area (Å²) in [6.45, 7) is 0.968. The van der Waals surface area contributed by atoms with Crippen molar-refractivity contribution in [1.29, 1.82) is 0 Å². The number of nitrogens with zero attached hydrogens (tertiary/aromatic N) is 2. The molecule has 0 radical (unpaired) electrons. The van der Waals surface area contributed by atoms with E-state index in [4.69, 9.17) is 0 Å². The van der Waals surface area contributed by atoms with Crippen molar-refractivity contribution in [2.75, 3.05) is 20.1 Å². The predicted molar refractivity (Wildman–Crippen MR) is 86.8 cm³/mol. The second-order valence-electron chi connectivity index (χ2n) is 4.90. The van der Waals surface area contributed by atoms with E-state index >= 15 is 0 Å². The number of likely N-dealkylation sites (N-methyl/N-ethyl adjacent to an activating group) is 1. The van der Waals surface area contributed by atoms with Gasteiger partial charge in [0.1, 0.15) is 0 Å². The molecular formula is C16H19N3O2S. The lowest BCUT2D eigenvalue weighted by molar-refractivity contribution is -0.129. The molecule has 2 amide bonds. The van der Waals surface area contributed by atoms with Gasteiger partial charge in [0.05, 0.1) is 0 Å². The molecule has 2 rings (SSSR count). The SMILES string of the molecule is CN(CCc1ccccn1)C(=O)CCNC(=O)c1ccsc1. The molecule has 0 aliphatic rings. The van der Waals surface area contributed by atoms with Crippen LogP contribution in [0.4, 0.5) is 0 Å². The van der Waals surface area contributed by atoms with E-state index in [1.807, 2.05) is 23.6 Å². The van der Waals surface area contributed by atoms with Gasteiger partial charge in [-0.3, -0.25) is 14.6 Å². The standard InChI is InChI=1S/C16H19N3O2S/c1-19(10-6-14-4-2-3-8-17-14)15(20)5-9-18-16(21)13-7-11-22-12-13/h2-4,7-8,11-12H,5-6,9-10H2,1H3,(H,18,21). The first-order valence-corrected chi connectivity index (χ1v) is 8.05. The molecule has 0 saturated heterocycles. The van der Waals surface area contributed by atoms with Crippen LogP contribution in [0.2, 0.25) is 0 Å². The summed E-state index contributed by atoms with van der Waals surface area (Å²) < 4.78 is 0. The van der Waals surface area contributed by atoms with Gasteiger partial charge >= 0.3 is 0 Å². The summed E-state index contributed by atoms with van der Waals surface area (Å²) in [4.78, 5) is 29.6. The van der Waals surface area contributed by atoms with Crippen molar-refractivity contribution in [2.24, 2.45) is 0 Å². The lowest BCUT2D eigenvalue weighted by Crippen LogP contribution is -2.33. The fourth-order valence-electron chi connectivity index (χ4n) is 1.92. The van der Waals surface area contributed by atoms with Gasteiger partial charge in [0.25, 0.3) is 5.91 Å². The lowest BCUT2D eigenvalue weighted by atomic mass is 10.2. The highest BCUT2D eigenvalue weighted by molar-refractivity contribution is 7.08. The normalized spacial score (nSPS) is 10.2. The van der Waals surface area contributed by atoms with Crippen LogP contribution in [0.3, 0.4) is 0 Å². The Morgan fingerprint density at radius 1 is 1.32 bits per heavy atom. The molecule has 0 atom stereocenters. The van der Waals surface area contributed by atoms with Crippen molar-refractivity contribution in [3.05, 3.63) is 52.5 Å². The summed E-state index contributed by atoms with van der Waals surface area (Å²) in [5.41, 5.74) is 1.61. The smallest absolute Gasteiger partial charge is 0.252 e. The Hall–Kier alpha value is -2.21. The van der Waals surface area contributed by atoms with Gasteiger partial charge in [0.2, 0.25) is 5.91 Å². The van der Waals surface area contributed by atoms with Crippen molar-refractivity contribution < 1.29 is 9.59 Å². The van der Waals surface area contributed by atoms with Crippen LogP contribution in [0.1, 0.15) is 22.5 Å². The molecule has 0 aliphatic heterocycles. The Labute approximate surface area is 134 Å². The summed E-state index contributed by atoms with van der Waals surface area (Å²) in [5, 5.41) is 6.39. The van der Waals surface area contributed by atoms with E-state index in [0.29, 0.717) is 25.1 Å². The highest BCUT2D eigenvalue weighted by Crippen LogP contribution is 2.05. The zero-order chi connectivity index (χ0) is 15.8. The van der Waals surface area contributed by atoms with Gasteiger partial charge in [-0.15, -0.1) is 0 Å². The van der Waals surface area contributed by atoms with Gasteiger partial charge in [-0.2, -0.15) is 11.3 Å². The molecule has 2 aromatic heterocycles. The van der Waals surface area contributed by atoms with E-state index in [2.05, 4.69) is 10.3 Å². The maximum atomic E-state index is 12.0. The molecule has 0 fully saturated rings. The van der Waals surface area contributed by atoms with Crippen LogP contribution in [0.25, 0.3) is 0 Å². The van der Waals surface area contributed by atoms with E-state index in [0.717, 1.165) is 12.1 Å². The molecule has 0 bridgehead atoms. The van der Waals surface area contributed by atoms with Gasteiger partial charge in [-0.05, 0) is 23.6 Å². The molecule has 2 heterocycles. The molecule has 1 N–H and O–H groups in total. The fraction of sp³-hybridized carbons (Fsp3) is 0.312. The maximum Gasteiger partial charge on any atom is 0.252 e. The van der Waals surface area contributed by atoms with Crippen molar-refractivity contribution in [3.63, 3.8) is 0 Å². The maximum absolute atomic E-state index is 12.0. The average Bonchev–Trinajstić information content (AvgIpc) is 3.08. The second kappa shape index (κ2) is 8.29. The molecule has 0 spiro atoms. The quantitative estimate of drug-likeness (QED) is 0.849. The van der Waals surface area contributed by atoms with Crippen LogP contribution in [0, 0.1) is 0 Å². The molecule has 2 aromatic rings. The molecule has 6 heteroatoms. The number of nitrogens with one attached hydrogen (secondary N) is 1. The topological polar surface area (TPSA) is 62.3 Å². The molecule has 116 valence electrons. The monoisotopic (exact) mass is 317 g/mol. The fourth-order valence-corrected chi connectivity index (χ4v) is 2.56. The molecule has 0 saturated carbocycles. The molecule has 5 nitrogen and oxygen atoms in total. The van der Waals surface area contributed by atoms with Gasteiger partial charge < -0.3 is 10.2 Å². The van der Waals surface area contributed by atoms with Crippen molar-refractivity contribution in [1.82, 2.24) is 15.2 Å². The zero-order valence-electron chi connectivity index (χ0n) is 12.5. The molecule has 22 heavy (non-hydrogen) atoms. The number of pyridine rings is 1. The Bertz CT molecular complexity index is 599. The number of aromatic nitrogens is 1. The molecule has 0 unspecified atom stereocenters. The first-order valence-electron chi connectivity index (χ1n) is 7.11. The van der Waals surface area contributed by atoms with Crippen LogP contribution in [0.5, 0.6) is 0 Å². The number of carbonyl (C=O) groups excluding carboxylic acids is 2. The third kappa shape index (κ3) is 4.96. The Morgan fingerprint density at radius 2 is 2.18 bits per heavy atom. The van der Waals surface area contributed by atoms with Crippen molar-refractivity contribution in [3.8, 4) is 0 Å². The van der Waals surface area contributed by atoms with Crippen molar-refractivity contribution in [2.45, 2.75) is 12.8 Å². The summed E-state index contributed by atoms with van der Waals surface area (Å²) in [7, 11) is 1.77. The van der Waals surface area contributed by atoms with E-state index in [-0.39, 0.29) is 11.8 Å². The highest BCUT2D eigenvalue weighted by atomic mass is 32.1. The second-order valence-corrected chi connectivity index (χ2v) is 5.68. The van der Waals surface area contributed by atoms with Gasteiger partial charge in [0, 0.05) is 55.8 Å². The van der Waals surface area contributed by atoms with E-state index in [1.165, 1.54) is 11.3 Å². The number of hydrogen-bond donors (Lipinski definition) is 1. The van der Waals surface area contributed by atoms with Crippen LogP contribution in [0.15, 0.2) is 41.2 Å². The van der Waals surface area contributed by atoms with Gasteiger partial charge in [0.15, 0.2) is 0 Å². The van der Waals surface area contributed by atoms with E-state index < -0.39 is 0 Å². The number of hydrogen-bond acceptors (Lipinski definition) is 4. The zero-order valence-corrected chi connectivity index (χ0v) is 13.3. The third-order valence-electron chi connectivity index (χ3n) is 3.26. The molecular weight excluding hydrogens is 298 g/mol. The van der Waals surface area contributed by atoms with Crippen LogP contribution in [-0.2, 0) is 11.2 Å². The Balaban J connectivity index is 1.67. The third-order valence-corrected chi connectivity index (χ3v) is 3.95. The number of amides is 2. The minimum atomic E-state index is -0.134. The number of thiophene rings is 1. The molecule has 0 aromatic carbocycles. The van der Waals surface area contributed by atoms with E-state index in [1.54, 1.807) is 29.6 Å². The minimum Gasteiger partial charge on any atom is -0.351 e. The van der Waals surface area contributed by atoms with Crippen LogP contribution >= 0.6 is 11.3 Å². The van der Waals surface area contributed by atoms with Gasteiger partial charge in [-0.25, -0.2) is 0 Å². The van der Waals surface area contributed by atoms with E-state index in [9.17, 15) is 9.59 Å². The number of rotatable bonds is 7. The van der Waals surface area contributed by atoms with Gasteiger partial charge in [-0.1, -0.05) is 6.07 Å². The molecule has 0 aliphatic carbocycles. The minimum absolute atomic E-state index is 0.0153. The van der Waals surface area contributed by atoms with Crippen LogP contribution in [-0.4, -0.2) is 41.8 Å². The van der Waals surface area contributed by atoms with Crippen LogP contribution < -0.4 is 5.32 Å². The summed E-state index contributed by atoms with van der Waals surface area (Å²) in [5.74, 6) is -0.119. The Morgan fingerprint density at radius 3 is 2.86 bits per heavy atom. The lowest BCUT2D eigenvalue weighted by Gasteiger charge is -2.17. The summed E-state index contributed by atoms with van der Waals surface area (Å²) in [6.07, 6.45) is 2.77. The number of carbonyl (C=O) groups is 2. The largest absolute Gasteiger partial charge is 0.351 e. The highest BCUT2D eigenvalue weighted by Gasteiger charge is 2.10. The predicted octanol–water partition coefficient (Wildman–Crippen LogP) is 1.96. The average molecular weight is 317 g/mol. The summed E-state index contributed by atoms with van der Waals surface area (Å²) in [6, 6.07) is 7.51. The first-order chi connectivity index (χ1) is 10.7. The Kier molecular flexibility index (Phi) is 6.09. The van der Waals surface area contributed by atoms with Crippen molar-refractivity contribution >= 4 is 23.2 Å². The first kappa shape index (κ1) is 16.2.